The molecule has 0 aliphatic carbocycles. The number of rotatable bonds is 9. The number of pyridine rings is 1. The predicted octanol–water partition coefficient (Wildman–Crippen LogP) is 3.23. The average molecular weight is 466 g/mol. The van der Waals surface area contributed by atoms with E-state index in [1.807, 2.05) is 30.1 Å². The van der Waals surface area contributed by atoms with E-state index >= 15 is 0 Å². The van der Waals surface area contributed by atoms with Gasteiger partial charge < -0.3 is 19.3 Å². The van der Waals surface area contributed by atoms with Crippen molar-refractivity contribution in [3.05, 3.63) is 77.9 Å². The minimum Gasteiger partial charge on any atom is -0.466 e. The summed E-state index contributed by atoms with van der Waals surface area (Å²) in [4.78, 5) is 20.5. The van der Waals surface area contributed by atoms with Gasteiger partial charge in [0.15, 0.2) is 12.4 Å². The summed E-state index contributed by atoms with van der Waals surface area (Å²) in [7, 11) is 1.88. The number of benzene rings is 1. The summed E-state index contributed by atoms with van der Waals surface area (Å²) in [6.45, 7) is 2.23. The number of hydrogen-bond donors (Lipinski definition) is 0. The van der Waals surface area contributed by atoms with Crippen molar-refractivity contribution in [3.63, 3.8) is 0 Å². The highest BCUT2D eigenvalue weighted by Crippen LogP contribution is 2.17. The summed E-state index contributed by atoms with van der Waals surface area (Å²) in [6, 6.07) is 15.6. The Labute approximate surface area is 198 Å². The lowest BCUT2D eigenvalue weighted by Crippen LogP contribution is -2.43. The number of carbonyl (C=O) groups excluding carboxylic acids is 1. The topological polar surface area (TPSA) is 80.7 Å². The molecule has 0 saturated carbocycles. The Morgan fingerprint density at radius 1 is 1.09 bits per heavy atom. The smallest absolute Gasteiger partial charge is 0.260 e. The van der Waals surface area contributed by atoms with Crippen LogP contribution in [0.3, 0.4) is 0 Å². The standard InChI is InChI=1S/C25H28FN5O3/c1-30(16-19-5-7-20(26)8-6-19)23-9-10-24(29-28-23)34-18-25(32)31-14-11-22(12-15-31)33-17-21-4-2-3-13-27-21/h2-10,13,22H,11-12,14-18H2,1H3. The summed E-state index contributed by atoms with van der Waals surface area (Å²) >= 11 is 0. The molecular weight excluding hydrogens is 437 g/mol. The molecule has 178 valence electrons. The zero-order valence-electron chi connectivity index (χ0n) is 19.1. The molecule has 1 aromatic carbocycles. The Morgan fingerprint density at radius 2 is 1.88 bits per heavy atom. The van der Waals surface area contributed by atoms with Crippen molar-refractivity contribution in [1.29, 1.82) is 0 Å². The molecule has 8 nitrogen and oxygen atoms in total. The molecule has 0 spiro atoms. The van der Waals surface area contributed by atoms with Crippen molar-refractivity contribution < 1.29 is 18.7 Å². The first-order valence-corrected chi connectivity index (χ1v) is 11.3. The average Bonchev–Trinajstić information content (AvgIpc) is 2.88. The molecule has 0 N–H and O–H groups in total. The first kappa shape index (κ1) is 23.6. The SMILES string of the molecule is CN(Cc1ccc(F)cc1)c1ccc(OCC(=O)N2CCC(OCc3ccccn3)CC2)nn1. The van der Waals surface area contributed by atoms with Crippen molar-refractivity contribution in [2.45, 2.75) is 32.1 Å². The fourth-order valence-electron chi connectivity index (χ4n) is 3.72. The lowest BCUT2D eigenvalue weighted by molar-refractivity contribution is -0.136. The third kappa shape index (κ3) is 6.71. The Balaban J connectivity index is 1.18. The van der Waals surface area contributed by atoms with Crippen LogP contribution >= 0.6 is 0 Å². The van der Waals surface area contributed by atoms with Crippen molar-refractivity contribution in [2.75, 3.05) is 31.6 Å². The quantitative estimate of drug-likeness (QED) is 0.480. The van der Waals surface area contributed by atoms with E-state index in [4.69, 9.17) is 9.47 Å². The Hall–Kier alpha value is -3.59. The Bertz CT molecular complexity index is 1040. The van der Waals surface area contributed by atoms with Crippen LogP contribution in [-0.4, -0.2) is 58.8 Å². The van der Waals surface area contributed by atoms with Gasteiger partial charge in [0.1, 0.15) is 5.82 Å². The first-order valence-electron chi connectivity index (χ1n) is 11.3. The number of nitrogens with zero attached hydrogens (tertiary/aromatic N) is 5. The molecule has 1 saturated heterocycles. The number of anilines is 1. The fourth-order valence-corrected chi connectivity index (χ4v) is 3.72. The predicted molar refractivity (Wildman–Crippen MR) is 125 cm³/mol. The molecule has 2 aromatic heterocycles. The van der Waals surface area contributed by atoms with Crippen molar-refractivity contribution in [1.82, 2.24) is 20.1 Å². The number of halogens is 1. The van der Waals surface area contributed by atoms with Crippen LogP contribution in [0.4, 0.5) is 10.2 Å². The highest BCUT2D eigenvalue weighted by Gasteiger charge is 2.23. The third-order valence-electron chi connectivity index (χ3n) is 5.68. The summed E-state index contributed by atoms with van der Waals surface area (Å²) in [6.07, 6.45) is 3.45. The maximum Gasteiger partial charge on any atom is 0.260 e. The number of carbonyl (C=O) groups is 1. The van der Waals surface area contributed by atoms with Gasteiger partial charge in [-0.1, -0.05) is 18.2 Å². The second-order valence-electron chi connectivity index (χ2n) is 8.21. The molecule has 0 unspecified atom stereocenters. The van der Waals surface area contributed by atoms with Crippen LogP contribution in [-0.2, 0) is 22.7 Å². The van der Waals surface area contributed by atoms with Crippen molar-refractivity contribution in [3.8, 4) is 5.88 Å². The van der Waals surface area contributed by atoms with Crippen LogP contribution in [0.15, 0.2) is 60.8 Å². The van der Waals surface area contributed by atoms with Crippen LogP contribution < -0.4 is 9.64 Å². The van der Waals surface area contributed by atoms with Crippen LogP contribution in [0.2, 0.25) is 0 Å². The second-order valence-corrected chi connectivity index (χ2v) is 8.21. The van der Waals surface area contributed by atoms with Crippen LogP contribution in [0, 0.1) is 5.82 Å². The minimum absolute atomic E-state index is 0.0810. The number of aromatic nitrogens is 3. The number of ether oxygens (including phenoxy) is 2. The third-order valence-corrected chi connectivity index (χ3v) is 5.68. The van der Waals surface area contributed by atoms with E-state index in [1.54, 1.807) is 35.4 Å². The second kappa shape index (κ2) is 11.5. The Kier molecular flexibility index (Phi) is 7.98. The lowest BCUT2D eigenvalue weighted by Gasteiger charge is -2.31. The molecule has 1 aliphatic rings. The molecule has 3 aromatic rings. The number of hydrogen-bond acceptors (Lipinski definition) is 7. The molecule has 0 bridgehead atoms. The number of likely N-dealkylation sites (tertiary alicyclic amines) is 1. The maximum absolute atomic E-state index is 13.1. The molecule has 0 atom stereocenters. The molecule has 0 radical (unpaired) electrons. The van der Waals surface area contributed by atoms with Crippen molar-refractivity contribution in [2.24, 2.45) is 0 Å². The lowest BCUT2D eigenvalue weighted by atomic mass is 10.1. The summed E-state index contributed by atoms with van der Waals surface area (Å²) < 4.78 is 24.5. The van der Waals surface area contributed by atoms with E-state index in [0.717, 1.165) is 24.1 Å². The van der Waals surface area contributed by atoms with Gasteiger partial charge in [0.05, 0.1) is 18.4 Å². The van der Waals surface area contributed by atoms with Gasteiger partial charge in [0, 0.05) is 38.9 Å². The van der Waals surface area contributed by atoms with E-state index in [-0.39, 0.29) is 24.4 Å². The van der Waals surface area contributed by atoms with Crippen molar-refractivity contribution >= 4 is 11.7 Å². The molecule has 4 rings (SSSR count). The molecule has 3 heterocycles. The summed E-state index contributed by atoms with van der Waals surface area (Å²) in [5, 5.41) is 8.24. The molecule has 9 heteroatoms. The van der Waals surface area contributed by atoms with Gasteiger partial charge in [-0.25, -0.2) is 4.39 Å². The zero-order valence-corrected chi connectivity index (χ0v) is 19.1. The van der Waals surface area contributed by atoms with Gasteiger partial charge in [-0.3, -0.25) is 9.78 Å². The highest BCUT2D eigenvalue weighted by atomic mass is 19.1. The van der Waals surface area contributed by atoms with Gasteiger partial charge in [0.2, 0.25) is 5.88 Å². The Morgan fingerprint density at radius 3 is 2.56 bits per heavy atom. The van der Waals surface area contributed by atoms with E-state index in [2.05, 4.69) is 15.2 Å². The molecular formula is C25H28FN5O3. The van der Waals surface area contributed by atoms with Crippen LogP contribution in [0.5, 0.6) is 5.88 Å². The molecule has 34 heavy (non-hydrogen) atoms. The molecule has 1 amide bonds. The van der Waals surface area contributed by atoms with Gasteiger partial charge in [-0.15, -0.1) is 10.2 Å². The van der Waals surface area contributed by atoms with Gasteiger partial charge >= 0.3 is 0 Å². The summed E-state index contributed by atoms with van der Waals surface area (Å²) in [5.74, 6) is 0.597. The first-order chi connectivity index (χ1) is 16.6. The van der Waals surface area contributed by atoms with E-state index in [0.29, 0.717) is 37.9 Å². The van der Waals surface area contributed by atoms with Gasteiger partial charge in [-0.05, 0) is 48.7 Å². The number of piperidine rings is 1. The van der Waals surface area contributed by atoms with Crippen LogP contribution in [0.25, 0.3) is 0 Å². The largest absolute Gasteiger partial charge is 0.466 e. The molecule has 1 aliphatic heterocycles. The number of amides is 1. The van der Waals surface area contributed by atoms with Gasteiger partial charge in [0.25, 0.3) is 5.91 Å². The van der Waals surface area contributed by atoms with Gasteiger partial charge in [-0.2, -0.15) is 0 Å². The zero-order chi connectivity index (χ0) is 23.8. The van der Waals surface area contributed by atoms with E-state index in [9.17, 15) is 9.18 Å². The normalized spacial score (nSPS) is 14.1. The monoisotopic (exact) mass is 465 g/mol. The summed E-state index contributed by atoms with van der Waals surface area (Å²) in [5.41, 5.74) is 1.87. The molecule has 1 fully saturated rings. The van der Waals surface area contributed by atoms with E-state index in [1.165, 1.54) is 12.1 Å². The van der Waals surface area contributed by atoms with Crippen LogP contribution in [0.1, 0.15) is 24.1 Å². The maximum atomic E-state index is 13.1. The fraction of sp³-hybridized carbons (Fsp3) is 0.360. The minimum atomic E-state index is -0.263. The highest BCUT2D eigenvalue weighted by molar-refractivity contribution is 5.77. The van der Waals surface area contributed by atoms with E-state index < -0.39 is 0 Å².